The maximum atomic E-state index is 14.5. The molecule has 160 valence electrons. The fraction of sp³-hybridized carbons (Fsp3) is 0.190. The van der Waals surface area contributed by atoms with E-state index >= 15 is 0 Å². The summed E-state index contributed by atoms with van der Waals surface area (Å²) in [7, 11) is 0. The van der Waals surface area contributed by atoms with Crippen molar-refractivity contribution in [2.45, 2.75) is 18.9 Å². The van der Waals surface area contributed by atoms with Crippen molar-refractivity contribution >= 4 is 22.8 Å². The Morgan fingerprint density at radius 1 is 1.09 bits per heavy atom. The van der Waals surface area contributed by atoms with Crippen LogP contribution in [0.4, 0.5) is 14.6 Å². The van der Waals surface area contributed by atoms with E-state index in [0.29, 0.717) is 33.6 Å². The first-order valence-electron chi connectivity index (χ1n) is 10.1. The van der Waals surface area contributed by atoms with E-state index in [-0.39, 0.29) is 6.04 Å². The third-order valence-corrected chi connectivity index (χ3v) is 6.59. The van der Waals surface area contributed by atoms with E-state index in [4.69, 9.17) is 4.98 Å². The van der Waals surface area contributed by atoms with Crippen LogP contribution in [0.15, 0.2) is 48.9 Å². The number of fused-ring (bicyclic) bond motifs is 1. The molecule has 0 radical (unpaired) electrons. The molecule has 1 saturated heterocycles. The number of nitrogens with one attached hydrogen (secondary N) is 1. The van der Waals surface area contributed by atoms with Gasteiger partial charge in [0.25, 0.3) is 0 Å². The van der Waals surface area contributed by atoms with Gasteiger partial charge >= 0.3 is 0 Å². The van der Waals surface area contributed by atoms with Crippen molar-refractivity contribution in [2.75, 3.05) is 11.4 Å². The fourth-order valence-electron chi connectivity index (χ4n) is 4.12. The van der Waals surface area contributed by atoms with E-state index in [1.807, 2.05) is 23.2 Å². The summed E-state index contributed by atoms with van der Waals surface area (Å²) in [5.74, 6) is -0.169. The van der Waals surface area contributed by atoms with Gasteiger partial charge in [-0.25, -0.2) is 18.3 Å². The fourth-order valence-corrected chi connectivity index (χ4v) is 4.94. The molecular weight excluding hydrogens is 434 g/mol. The highest BCUT2D eigenvalue weighted by Gasteiger charge is 2.30. The van der Waals surface area contributed by atoms with E-state index < -0.39 is 11.6 Å². The number of benzene rings is 1. The van der Waals surface area contributed by atoms with E-state index in [0.717, 1.165) is 30.2 Å². The molecule has 11 heteroatoms. The number of nitrogens with zero attached hydrogens (tertiary/aromatic N) is 7. The Morgan fingerprint density at radius 3 is 2.88 bits per heavy atom. The van der Waals surface area contributed by atoms with E-state index in [1.165, 1.54) is 23.5 Å². The molecule has 5 heterocycles. The summed E-state index contributed by atoms with van der Waals surface area (Å²) >= 11 is 1.41. The second kappa shape index (κ2) is 7.45. The van der Waals surface area contributed by atoms with Crippen molar-refractivity contribution in [3.05, 3.63) is 66.1 Å². The largest absolute Gasteiger partial charge is 0.349 e. The first-order valence-corrected chi connectivity index (χ1v) is 10.9. The Kier molecular flexibility index (Phi) is 4.42. The molecule has 0 amide bonds. The Labute approximate surface area is 184 Å². The number of halogens is 2. The molecule has 1 aliphatic rings. The number of H-pyrrole nitrogens is 1. The van der Waals surface area contributed by atoms with Crippen LogP contribution >= 0.6 is 11.3 Å². The first-order chi connectivity index (χ1) is 15.7. The lowest BCUT2D eigenvalue weighted by Gasteiger charge is -2.26. The van der Waals surface area contributed by atoms with Crippen molar-refractivity contribution in [1.29, 1.82) is 0 Å². The lowest BCUT2D eigenvalue weighted by molar-refractivity contribution is 0.560. The highest BCUT2D eigenvalue weighted by Crippen LogP contribution is 2.38. The van der Waals surface area contributed by atoms with Crippen LogP contribution in [0.2, 0.25) is 0 Å². The topological polar surface area (TPSA) is 87.9 Å². The van der Waals surface area contributed by atoms with E-state index in [9.17, 15) is 8.78 Å². The minimum Gasteiger partial charge on any atom is -0.349 e. The maximum absolute atomic E-state index is 14.5. The lowest BCUT2D eigenvalue weighted by Crippen LogP contribution is -2.24. The number of anilines is 1. The zero-order valence-corrected chi connectivity index (χ0v) is 17.4. The number of aromatic nitrogens is 7. The number of hydrogen-bond acceptors (Lipinski definition) is 7. The monoisotopic (exact) mass is 450 g/mol. The molecule has 1 N–H and O–H groups in total. The molecule has 5 aromatic rings. The standard InChI is InChI=1S/C21H16F2N8S/c22-12-3-4-15(23)13(10-12)17-2-1-8-30(17)18-6-9-31-19(26-18)14(11-25-31)20-28-29-21(32-20)16-5-7-24-27-16/h3-7,9-11,17H,1-2,8H2,(H,24,27)/t17-/m1/s1. The minimum atomic E-state index is -0.445. The van der Waals surface area contributed by atoms with E-state index in [1.54, 1.807) is 16.9 Å². The van der Waals surface area contributed by atoms with Gasteiger partial charge in [-0.2, -0.15) is 10.2 Å². The average Bonchev–Trinajstić information content (AvgIpc) is 3.60. The molecule has 4 aromatic heterocycles. The van der Waals surface area contributed by atoms with Gasteiger partial charge in [0.1, 0.15) is 17.5 Å². The van der Waals surface area contributed by atoms with Gasteiger partial charge in [-0.1, -0.05) is 11.3 Å². The van der Waals surface area contributed by atoms with Crippen molar-refractivity contribution in [3.8, 4) is 21.3 Å². The summed E-state index contributed by atoms with van der Waals surface area (Å²) in [6.45, 7) is 0.704. The summed E-state index contributed by atoms with van der Waals surface area (Å²) in [4.78, 5) is 6.84. The zero-order chi connectivity index (χ0) is 21.7. The van der Waals surface area contributed by atoms with Crippen LogP contribution in [0.5, 0.6) is 0 Å². The smallest absolute Gasteiger partial charge is 0.167 e. The quantitative estimate of drug-likeness (QED) is 0.440. The van der Waals surface area contributed by atoms with Crippen LogP contribution in [0.1, 0.15) is 24.4 Å². The average molecular weight is 450 g/mol. The summed E-state index contributed by atoms with van der Waals surface area (Å²) in [6.07, 6.45) is 6.77. The summed E-state index contributed by atoms with van der Waals surface area (Å²) < 4.78 is 30.0. The maximum Gasteiger partial charge on any atom is 0.167 e. The minimum absolute atomic E-state index is 0.277. The van der Waals surface area contributed by atoms with Crippen molar-refractivity contribution < 1.29 is 8.78 Å². The van der Waals surface area contributed by atoms with Gasteiger partial charge < -0.3 is 4.90 Å². The van der Waals surface area contributed by atoms with Crippen LogP contribution in [-0.2, 0) is 0 Å². The third-order valence-electron chi connectivity index (χ3n) is 5.61. The predicted molar refractivity (Wildman–Crippen MR) is 115 cm³/mol. The Balaban J connectivity index is 1.39. The molecule has 0 saturated carbocycles. The molecule has 0 bridgehead atoms. The molecule has 1 aliphatic heterocycles. The molecule has 6 rings (SSSR count). The molecule has 0 spiro atoms. The highest BCUT2D eigenvalue weighted by atomic mass is 32.1. The molecule has 0 unspecified atom stereocenters. The molecule has 1 atom stereocenters. The molecule has 8 nitrogen and oxygen atoms in total. The molecule has 32 heavy (non-hydrogen) atoms. The third kappa shape index (κ3) is 3.12. The van der Waals surface area contributed by atoms with E-state index in [2.05, 4.69) is 25.5 Å². The van der Waals surface area contributed by atoms with Crippen LogP contribution in [0.3, 0.4) is 0 Å². The van der Waals surface area contributed by atoms with Gasteiger partial charge in [-0.3, -0.25) is 5.10 Å². The van der Waals surface area contributed by atoms with Gasteiger partial charge in [-0.05, 0) is 43.2 Å². The van der Waals surface area contributed by atoms with Crippen LogP contribution < -0.4 is 4.90 Å². The zero-order valence-electron chi connectivity index (χ0n) is 16.6. The Bertz CT molecular complexity index is 1410. The number of rotatable bonds is 4. The van der Waals surface area contributed by atoms with Crippen LogP contribution in [0.25, 0.3) is 26.9 Å². The molecule has 0 aliphatic carbocycles. The normalized spacial score (nSPS) is 16.3. The summed E-state index contributed by atoms with van der Waals surface area (Å²) in [6, 6.07) is 6.99. The van der Waals surface area contributed by atoms with Crippen LogP contribution in [0, 0.1) is 11.6 Å². The van der Waals surface area contributed by atoms with Crippen molar-refractivity contribution in [3.63, 3.8) is 0 Å². The molecular formula is C21H16F2N8S. The van der Waals surface area contributed by atoms with Crippen LogP contribution in [-0.4, -0.2) is 41.5 Å². The summed E-state index contributed by atoms with van der Waals surface area (Å²) in [5, 5.41) is 21.1. The van der Waals surface area contributed by atoms with Gasteiger partial charge in [0.2, 0.25) is 0 Å². The highest BCUT2D eigenvalue weighted by molar-refractivity contribution is 7.18. The molecule has 1 fully saturated rings. The first kappa shape index (κ1) is 19.0. The second-order valence-electron chi connectivity index (χ2n) is 7.51. The predicted octanol–water partition coefficient (Wildman–Crippen LogP) is 4.26. The second-order valence-corrected chi connectivity index (χ2v) is 8.49. The summed E-state index contributed by atoms with van der Waals surface area (Å²) in [5.41, 5.74) is 2.52. The van der Waals surface area contributed by atoms with Crippen molar-refractivity contribution in [1.82, 2.24) is 35.0 Å². The SMILES string of the molecule is Fc1ccc(F)c([C@H]2CCCN2c2ccn3ncc(-c4nnc(-c5ccn[nH]5)s4)c3n2)c1. The number of hydrogen-bond donors (Lipinski definition) is 1. The Hall–Kier alpha value is -3.73. The van der Waals surface area contributed by atoms with Gasteiger partial charge in [0.05, 0.1) is 23.5 Å². The van der Waals surface area contributed by atoms with Gasteiger partial charge in [0.15, 0.2) is 15.7 Å². The van der Waals surface area contributed by atoms with Crippen molar-refractivity contribution in [2.24, 2.45) is 0 Å². The van der Waals surface area contributed by atoms with Gasteiger partial charge in [0, 0.05) is 24.5 Å². The lowest BCUT2D eigenvalue weighted by atomic mass is 10.0. The number of aromatic amines is 1. The Morgan fingerprint density at radius 2 is 2.00 bits per heavy atom. The molecule has 1 aromatic carbocycles. The van der Waals surface area contributed by atoms with Gasteiger partial charge in [-0.15, -0.1) is 10.2 Å².